The Morgan fingerprint density at radius 2 is 1.89 bits per heavy atom. The molecule has 0 saturated heterocycles. The van der Waals surface area contributed by atoms with Crippen LogP contribution in [0.4, 0.5) is 0 Å². The second kappa shape index (κ2) is 6.34. The van der Waals surface area contributed by atoms with Gasteiger partial charge < -0.3 is 9.84 Å². The van der Waals surface area contributed by atoms with Crippen molar-refractivity contribution in [1.29, 1.82) is 0 Å². The fraction of sp³-hybridized carbons (Fsp3) is 0.312. The van der Waals surface area contributed by atoms with Gasteiger partial charge in [0.1, 0.15) is 11.5 Å². The van der Waals surface area contributed by atoms with E-state index < -0.39 is 0 Å². The smallest absolute Gasteiger partial charge is 0.130 e. The second-order valence-electron chi connectivity index (χ2n) is 4.62. The third-order valence-electron chi connectivity index (χ3n) is 3.25. The predicted molar refractivity (Wildman–Crippen MR) is 75.4 cm³/mol. The van der Waals surface area contributed by atoms with Crippen LogP contribution in [0.5, 0.6) is 11.5 Å². The van der Waals surface area contributed by atoms with Crippen LogP contribution in [0.25, 0.3) is 0 Å². The first kappa shape index (κ1) is 13.6. The van der Waals surface area contributed by atoms with Crippen molar-refractivity contribution in [3.63, 3.8) is 0 Å². The Morgan fingerprint density at radius 1 is 1.16 bits per heavy atom. The Balaban J connectivity index is 2.10. The van der Waals surface area contributed by atoms with Crippen LogP contribution in [0.3, 0.4) is 0 Å². The molecule has 0 fully saturated rings. The molecule has 0 aliphatic carbocycles. The van der Waals surface area contributed by atoms with Gasteiger partial charge in [-0.25, -0.2) is 0 Å². The first-order valence-electron chi connectivity index (χ1n) is 6.56. The number of aliphatic hydroxyl groups excluding tert-OH is 1. The van der Waals surface area contributed by atoms with Gasteiger partial charge in [-0.2, -0.15) is 0 Å². The summed E-state index contributed by atoms with van der Waals surface area (Å²) in [6.07, 6.45) is 2.76. The molecule has 1 N–H and O–H groups in total. The highest BCUT2D eigenvalue weighted by Crippen LogP contribution is 2.25. The SMILES string of the molecule is CCC(C)c1ccc(Oc2ccnc(CO)c2)cc1. The largest absolute Gasteiger partial charge is 0.457 e. The average Bonchev–Trinajstić information content (AvgIpc) is 2.47. The molecule has 0 aliphatic rings. The quantitative estimate of drug-likeness (QED) is 0.883. The van der Waals surface area contributed by atoms with Gasteiger partial charge in [0.05, 0.1) is 12.3 Å². The van der Waals surface area contributed by atoms with Gasteiger partial charge in [0.2, 0.25) is 0 Å². The zero-order valence-electron chi connectivity index (χ0n) is 11.3. The summed E-state index contributed by atoms with van der Waals surface area (Å²) in [6.45, 7) is 4.32. The molecule has 1 heterocycles. The van der Waals surface area contributed by atoms with E-state index in [1.807, 2.05) is 12.1 Å². The standard InChI is InChI=1S/C16H19NO2/c1-3-12(2)13-4-6-15(7-5-13)19-16-8-9-17-14(10-16)11-18/h4-10,12,18H,3,11H2,1-2H3. The van der Waals surface area contributed by atoms with E-state index in [4.69, 9.17) is 9.84 Å². The molecule has 2 aromatic rings. The number of ether oxygens (including phenoxy) is 1. The molecule has 0 bridgehead atoms. The third kappa shape index (κ3) is 3.55. The van der Waals surface area contributed by atoms with Crippen molar-refractivity contribution in [1.82, 2.24) is 4.98 Å². The minimum atomic E-state index is -0.0792. The molecule has 1 aromatic heterocycles. The maximum atomic E-state index is 9.03. The van der Waals surface area contributed by atoms with Crippen LogP contribution in [0.2, 0.25) is 0 Å². The van der Waals surface area contributed by atoms with Crippen molar-refractivity contribution in [3.8, 4) is 11.5 Å². The molecule has 1 unspecified atom stereocenters. The predicted octanol–water partition coefficient (Wildman–Crippen LogP) is 3.88. The van der Waals surface area contributed by atoms with Crippen LogP contribution >= 0.6 is 0 Å². The fourth-order valence-corrected chi connectivity index (χ4v) is 1.84. The van der Waals surface area contributed by atoms with E-state index in [1.165, 1.54) is 5.56 Å². The normalized spacial score (nSPS) is 12.2. The summed E-state index contributed by atoms with van der Waals surface area (Å²) >= 11 is 0. The molecule has 0 spiro atoms. The summed E-state index contributed by atoms with van der Waals surface area (Å²) in [5.41, 5.74) is 1.93. The van der Waals surface area contributed by atoms with Gasteiger partial charge in [-0.15, -0.1) is 0 Å². The number of rotatable bonds is 5. The lowest BCUT2D eigenvalue weighted by atomic mass is 9.99. The zero-order chi connectivity index (χ0) is 13.7. The molecular formula is C16H19NO2. The van der Waals surface area contributed by atoms with Crippen molar-refractivity contribution >= 4 is 0 Å². The Bertz CT molecular complexity index is 523. The highest BCUT2D eigenvalue weighted by atomic mass is 16.5. The van der Waals surface area contributed by atoms with Crippen LogP contribution in [0, 0.1) is 0 Å². The molecule has 19 heavy (non-hydrogen) atoms. The number of aliphatic hydroxyl groups is 1. The number of hydrogen-bond donors (Lipinski definition) is 1. The van der Waals surface area contributed by atoms with Gasteiger partial charge in [-0.05, 0) is 36.1 Å². The van der Waals surface area contributed by atoms with Crippen molar-refractivity contribution in [2.75, 3.05) is 0 Å². The van der Waals surface area contributed by atoms with Crippen LogP contribution in [-0.4, -0.2) is 10.1 Å². The lowest BCUT2D eigenvalue weighted by Crippen LogP contribution is -1.92. The molecule has 1 aromatic carbocycles. The van der Waals surface area contributed by atoms with Gasteiger partial charge >= 0.3 is 0 Å². The number of pyridine rings is 1. The minimum absolute atomic E-state index is 0.0792. The summed E-state index contributed by atoms with van der Waals surface area (Å²) < 4.78 is 5.74. The van der Waals surface area contributed by atoms with Crippen molar-refractivity contribution in [2.45, 2.75) is 32.8 Å². The van der Waals surface area contributed by atoms with Crippen LogP contribution in [0.1, 0.15) is 37.4 Å². The minimum Gasteiger partial charge on any atom is -0.457 e. The molecule has 3 nitrogen and oxygen atoms in total. The van der Waals surface area contributed by atoms with Gasteiger partial charge in [0.15, 0.2) is 0 Å². The summed E-state index contributed by atoms with van der Waals surface area (Å²) in [5, 5.41) is 9.03. The molecule has 0 radical (unpaired) electrons. The van der Waals surface area contributed by atoms with Gasteiger partial charge in [-0.3, -0.25) is 4.98 Å². The first-order valence-corrected chi connectivity index (χ1v) is 6.56. The van der Waals surface area contributed by atoms with Crippen LogP contribution < -0.4 is 4.74 Å². The average molecular weight is 257 g/mol. The van der Waals surface area contributed by atoms with Crippen LogP contribution in [0.15, 0.2) is 42.6 Å². The van der Waals surface area contributed by atoms with Crippen molar-refractivity contribution in [2.24, 2.45) is 0 Å². The van der Waals surface area contributed by atoms with Crippen LogP contribution in [-0.2, 0) is 6.61 Å². The molecule has 3 heteroatoms. The van der Waals surface area contributed by atoms with E-state index >= 15 is 0 Å². The summed E-state index contributed by atoms with van der Waals surface area (Å²) in [6, 6.07) is 11.7. The van der Waals surface area contributed by atoms with E-state index in [0.29, 0.717) is 17.4 Å². The van der Waals surface area contributed by atoms with E-state index in [-0.39, 0.29) is 6.61 Å². The Morgan fingerprint density at radius 3 is 2.53 bits per heavy atom. The maximum absolute atomic E-state index is 9.03. The summed E-state index contributed by atoms with van der Waals surface area (Å²) in [5.74, 6) is 2.05. The molecule has 0 amide bonds. The highest BCUT2D eigenvalue weighted by molar-refractivity contribution is 5.34. The Labute approximate surface area is 113 Å². The lowest BCUT2D eigenvalue weighted by molar-refractivity contribution is 0.276. The number of hydrogen-bond acceptors (Lipinski definition) is 3. The zero-order valence-corrected chi connectivity index (χ0v) is 11.3. The topological polar surface area (TPSA) is 42.4 Å². The van der Waals surface area contributed by atoms with E-state index in [1.54, 1.807) is 18.3 Å². The number of aromatic nitrogens is 1. The second-order valence-corrected chi connectivity index (χ2v) is 4.62. The molecular weight excluding hydrogens is 238 g/mol. The fourth-order valence-electron chi connectivity index (χ4n) is 1.84. The van der Waals surface area contributed by atoms with E-state index in [9.17, 15) is 0 Å². The highest BCUT2D eigenvalue weighted by Gasteiger charge is 2.04. The summed E-state index contributed by atoms with van der Waals surface area (Å²) in [7, 11) is 0. The monoisotopic (exact) mass is 257 g/mol. The molecule has 100 valence electrons. The first-order chi connectivity index (χ1) is 9.22. The Kier molecular flexibility index (Phi) is 4.53. The van der Waals surface area contributed by atoms with Gasteiger partial charge in [0, 0.05) is 12.3 Å². The van der Waals surface area contributed by atoms with Crippen molar-refractivity contribution in [3.05, 3.63) is 53.9 Å². The summed E-state index contributed by atoms with van der Waals surface area (Å²) in [4.78, 5) is 4.02. The van der Waals surface area contributed by atoms with Gasteiger partial charge in [-0.1, -0.05) is 26.0 Å². The molecule has 0 aliphatic heterocycles. The lowest BCUT2D eigenvalue weighted by Gasteiger charge is -2.10. The molecule has 2 rings (SSSR count). The maximum Gasteiger partial charge on any atom is 0.130 e. The number of nitrogens with zero attached hydrogens (tertiary/aromatic N) is 1. The molecule has 0 saturated carbocycles. The van der Waals surface area contributed by atoms with Crippen molar-refractivity contribution < 1.29 is 9.84 Å². The number of benzene rings is 1. The Hall–Kier alpha value is -1.87. The third-order valence-corrected chi connectivity index (χ3v) is 3.25. The molecule has 1 atom stereocenters. The van der Waals surface area contributed by atoms with Gasteiger partial charge in [0.25, 0.3) is 0 Å². The van der Waals surface area contributed by atoms with E-state index in [0.717, 1.165) is 12.2 Å². The van der Waals surface area contributed by atoms with E-state index in [2.05, 4.69) is 31.0 Å².